The van der Waals surface area contributed by atoms with Crippen molar-refractivity contribution in [3.05, 3.63) is 89.0 Å². The molecule has 2 heterocycles. The van der Waals surface area contributed by atoms with Crippen LogP contribution in [0.15, 0.2) is 66.9 Å². The summed E-state index contributed by atoms with van der Waals surface area (Å²) in [7, 11) is 0. The third-order valence-electron chi connectivity index (χ3n) is 5.87. The first-order valence-corrected chi connectivity index (χ1v) is 11.1. The first-order valence-electron chi connectivity index (χ1n) is 10.8. The number of anilines is 1. The lowest BCUT2D eigenvalue weighted by atomic mass is 9.93. The van der Waals surface area contributed by atoms with Gasteiger partial charge in [0.05, 0.1) is 12.1 Å². The van der Waals surface area contributed by atoms with Crippen LogP contribution in [-0.2, 0) is 10.3 Å². The third-order valence-corrected chi connectivity index (χ3v) is 6.10. The van der Waals surface area contributed by atoms with Crippen LogP contribution in [0, 0.1) is 5.82 Å². The molecule has 1 amide bonds. The average Bonchev–Trinajstić information content (AvgIpc) is 3.09. The smallest absolute Gasteiger partial charge is 0.406 e. The van der Waals surface area contributed by atoms with Crippen molar-refractivity contribution in [3.8, 4) is 5.75 Å². The summed E-state index contributed by atoms with van der Waals surface area (Å²) in [5.74, 6) is -1.15. The van der Waals surface area contributed by atoms with Crippen LogP contribution in [0.2, 0.25) is 5.15 Å². The van der Waals surface area contributed by atoms with Gasteiger partial charge in [-0.1, -0.05) is 29.8 Å². The fourth-order valence-electron chi connectivity index (χ4n) is 4.25. The highest BCUT2D eigenvalue weighted by Gasteiger charge is 2.43. The Morgan fingerprint density at radius 3 is 2.40 bits per heavy atom. The predicted molar refractivity (Wildman–Crippen MR) is 124 cm³/mol. The largest absolute Gasteiger partial charge is 0.573 e. The number of amides is 1. The average molecular weight is 508 g/mol. The third kappa shape index (κ3) is 5.74. The normalized spacial score (nSPS) is 18.7. The number of aromatic nitrogens is 1. The molecular weight excluding hydrogens is 486 g/mol. The maximum Gasteiger partial charge on any atom is 0.573 e. The Morgan fingerprint density at radius 1 is 1.09 bits per heavy atom. The minimum absolute atomic E-state index is 0.293. The van der Waals surface area contributed by atoms with E-state index in [1.54, 1.807) is 24.4 Å². The van der Waals surface area contributed by atoms with Gasteiger partial charge in [-0.2, -0.15) is 0 Å². The number of ether oxygens (including phenoxy) is 1. The summed E-state index contributed by atoms with van der Waals surface area (Å²) in [6.07, 6.45) is -2.89. The molecule has 1 aliphatic heterocycles. The van der Waals surface area contributed by atoms with Crippen molar-refractivity contribution in [1.82, 2.24) is 10.3 Å². The van der Waals surface area contributed by atoms with Crippen molar-refractivity contribution in [2.45, 2.75) is 44.3 Å². The van der Waals surface area contributed by atoms with Gasteiger partial charge >= 0.3 is 6.36 Å². The maximum atomic E-state index is 14.0. The van der Waals surface area contributed by atoms with E-state index in [2.05, 4.69) is 15.0 Å². The maximum absolute atomic E-state index is 14.0. The van der Waals surface area contributed by atoms with Gasteiger partial charge in [0.1, 0.15) is 16.7 Å². The fourth-order valence-corrected chi connectivity index (χ4v) is 4.36. The van der Waals surface area contributed by atoms with Crippen molar-refractivity contribution in [2.24, 2.45) is 0 Å². The molecule has 5 nitrogen and oxygen atoms in total. The molecule has 184 valence electrons. The van der Waals surface area contributed by atoms with Crippen molar-refractivity contribution < 1.29 is 27.1 Å². The second-order valence-corrected chi connectivity index (χ2v) is 9.14. The van der Waals surface area contributed by atoms with E-state index < -0.39 is 35.6 Å². The Labute approximate surface area is 204 Å². The Bertz CT molecular complexity index is 1200. The lowest BCUT2D eigenvalue weighted by Crippen LogP contribution is -2.47. The van der Waals surface area contributed by atoms with Crippen molar-refractivity contribution in [1.29, 1.82) is 0 Å². The highest BCUT2D eigenvalue weighted by atomic mass is 35.5. The van der Waals surface area contributed by atoms with Gasteiger partial charge in [-0.3, -0.25) is 10.1 Å². The summed E-state index contributed by atoms with van der Waals surface area (Å²) in [6, 6.07) is 13.2. The van der Waals surface area contributed by atoms with Crippen LogP contribution in [0.5, 0.6) is 5.75 Å². The Kier molecular flexibility index (Phi) is 6.75. The number of hydrogen-bond acceptors (Lipinski definition) is 4. The van der Waals surface area contributed by atoms with Gasteiger partial charge in [-0.05, 0) is 73.9 Å². The monoisotopic (exact) mass is 507 g/mol. The Hall–Kier alpha value is -3.17. The van der Waals surface area contributed by atoms with Gasteiger partial charge in [0.25, 0.3) is 0 Å². The highest BCUT2D eigenvalue weighted by Crippen LogP contribution is 2.39. The van der Waals surface area contributed by atoms with Crippen molar-refractivity contribution in [2.75, 3.05) is 4.90 Å². The lowest BCUT2D eigenvalue weighted by molar-refractivity contribution is -0.274. The zero-order valence-corrected chi connectivity index (χ0v) is 19.6. The van der Waals surface area contributed by atoms with Crippen molar-refractivity contribution in [3.63, 3.8) is 0 Å². The zero-order valence-electron chi connectivity index (χ0n) is 18.8. The Morgan fingerprint density at radius 2 is 1.80 bits per heavy atom. The molecule has 0 spiro atoms. The van der Waals surface area contributed by atoms with Gasteiger partial charge < -0.3 is 9.64 Å². The molecule has 0 saturated carbocycles. The molecule has 10 heteroatoms. The summed E-state index contributed by atoms with van der Waals surface area (Å²) in [5, 5.41) is 3.70. The molecule has 4 rings (SSSR count). The second kappa shape index (κ2) is 9.47. The number of halogens is 5. The SMILES string of the molecule is CC(C)(NC1CC(c2cccc(F)c2)N(c2ccc(OC(F)(F)F)cc2)C1=O)c1ccc(Cl)nc1. The molecule has 2 atom stereocenters. The molecule has 35 heavy (non-hydrogen) atoms. The first-order chi connectivity index (χ1) is 16.4. The van der Waals surface area contributed by atoms with Crippen LogP contribution in [0.25, 0.3) is 0 Å². The summed E-state index contributed by atoms with van der Waals surface area (Å²) >= 11 is 5.89. The molecule has 0 aliphatic carbocycles. The number of nitrogens with zero attached hydrogens (tertiary/aromatic N) is 2. The van der Waals surface area contributed by atoms with Crippen LogP contribution in [0.3, 0.4) is 0 Å². The van der Waals surface area contributed by atoms with E-state index in [4.69, 9.17) is 11.6 Å². The zero-order chi connectivity index (χ0) is 25.4. The molecular formula is C25H22ClF4N3O2. The number of alkyl halides is 3. The molecule has 0 bridgehead atoms. The number of carbonyl (C=O) groups is 1. The topological polar surface area (TPSA) is 54.5 Å². The molecule has 1 fully saturated rings. The molecule has 1 saturated heterocycles. The van der Waals surface area contributed by atoms with Gasteiger partial charge in [0.2, 0.25) is 5.91 Å². The number of pyridine rings is 1. The van der Waals surface area contributed by atoms with E-state index in [0.29, 0.717) is 22.8 Å². The fraction of sp³-hybridized carbons (Fsp3) is 0.280. The number of benzene rings is 2. The molecule has 1 aromatic heterocycles. The minimum Gasteiger partial charge on any atom is -0.406 e. The second-order valence-electron chi connectivity index (χ2n) is 8.75. The molecule has 3 aromatic rings. The highest BCUT2D eigenvalue weighted by molar-refractivity contribution is 6.29. The van der Waals surface area contributed by atoms with Crippen LogP contribution in [0.4, 0.5) is 23.2 Å². The molecule has 2 aromatic carbocycles. The summed E-state index contributed by atoms with van der Waals surface area (Å²) < 4.78 is 55.6. The number of carbonyl (C=O) groups excluding carboxylic acids is 1. The summed E-state index contributed by atoms with van der Waals surface area (Å²) in [5.41, 5.74) is 1.09. The van der Waals surface area contributed by atoms with Crippen LogP contribution >= 0.6 is 11.6 Å². The van der Waals surface area contributed by atoms with Crippen LogP contribution < -0.4 is 15.0 Å². The van der Waals surface area contributed by atoms with Gasteiger partial charge in [0.15, 0.2) is 0 Å². The molecule has 1 N–H and O–H groups in total. The van der Waals surface area contributed by atoms with Gasteiger partial charge in [-0.25, -0.2) is 9.37 Å². The molecule has 2 unspecified atom stereocenters. The number of nitrogens with one attached hydrogen (secondary N) is 1. The quantitative estimate of drug-likeness (QED) is 0.321. The van der Waals surface area contributed by atoms with E-state index in [-0.39, 0.29) is 5.91 Å². The lowest BCUT2D eigenvalue weighted by Gasteiger charge is -2.30. The van der Waals surface area contributed by atoms with Crippen LogP contribution in [-0.4, -0.2) is 23.3 Å². The van der Waals surface area contributed by atoms with E-state index in [0.717, 1.165) is 17.7 Å². The van der Waals surface area contributed by atoms with Crippen molar-refractivity contribution >= 4 is 23.2 Å². The first kappa shape index (κ1) is 24.9. The minimum atomic E-state index is -4.83. The Balaban J connectivity index is 1.65. The molecule has 0 radical (unpaired) electrons. The van der Waals surface area contributed by atoms with E-state index in [9.17, 15) is 22.4 Å². The molecule has 1 aliphatic rings. The predicted octanol–water partition coefficient (Wildman–Crippen LogP) is 6.14. The number of hydrogen-bond donors (Lipinski definition) is 1. The summed E-state index contributed by atoms with van der Waals surface area (Å²) in [6.45, 7) is 3.79. The standard InChI is InChI=1S/C25H22ClF4N3O2/c1-24(2,16-6-11-22(26)31-14-16)32-20-13-21(15-4-3-5-17(27)12-15)33(23(20)34)18-7-9-19(10-8-18)35-25(28,29)30/h3-12,14,20-21,32H,13H2,1-2H3. The van der Waals surface area contributed by atoms with Gasteiger partial charge in [-0.15, -0.1) is 13.2 Å². The van der Waals surface area contributed by atoms with E-state index in [1.165, 1.54) is 29.2 Å². The van der Waals surface area contributed by atoms with E-state index >= 15 is 0 Å². The van der Waals surface area contributed by atoms with E-state index in [1.807, 2.05) is 19.9 Å². The van der Waals surface area contributed by atoms with Crippen LogP contribution in [0.1, 0.15) is 37.4 Å². The summed E-state index contributed by atoms with van der Waals surface area (Å²) in [4.78, 5) is 19.1. The number of rotatable bonds is 6. The van der Waals surface area contributed by atoms with Gasteiger partial charge in [0, 0.05) is 17.4 Å².